The lowest BCUT2D eigenvalue weighted by Gasteiger charge is -2.25. The highest BCUT2D eigenvalue weighted by Crippen LogP contribution is 2.19. The molecule has 0 bridgehead atoms. The molecule has 0 aromatic heterocycles. The first kappa shape index (κ1) is 11.5. The van der Waals surface area contributed by atoms with Crippen molar-refractivity contribution in [3.63, 3.8) is 0 Å². The molecule has 1 aliphatic rings. The Balaban J connectivity index is 1.97. The Kier molecular flexibility index (Phi) is 3.49. The fourth-order valence-electron chi connectivity index (χ4n) is 2.34. The Hall–Kier alpha value is -1.02. The number of aryl methyl sites for hydroxylation is 1. The molecule has 0 radical (unpaired) electrons. The van der Waals surface area contributed by atoms with Crippen LogP contribution in [0.15, 0.2) is 24.3 Å². The highest BCUT2D eigenvalue weighted by molar-refractivity contribution is 5.46. The van der Waals surface area contributed by atoms with E-state index in [0.29, 0.717) is 6.04 Å². The zero-order valence-corrected chi connectivity index (χ0v) is 10.5. The predicted octanol–water partition coefficient (Wildman–Crippen LogP) is 2.43. The maximum Gasteiger partial charge on any atom is 0.0364 e. The summed E-state index contributed by atoms with van der Waals surface area (Å²) in [5.41, 5.74) is 2.64. The molecule has 2 unspecified atom stereocenters. The van der Waals surface area contributed by atoms with Gasteiger partial charge in [0.25, 0.3) is 0 Å². The van der Waals surface area contributed by atoms with Crippen molar-refractivity contribution in [1.82, 2.24) is 5.32 Å². The van der Waals surface area contributed by atoms with Gasteiger partial charge < -0.3 is 10.2 Å². The molecule has 1 aromatic rings. The van der Waals surface area contributed by atoms with Crippen molar-refractivity contribution in [2.45, 2.75) is 26.3 Å². The zero-order valence-electron chi connectivity index (χ0n) is 10.5. The molecule has 1 saturated heterocycles. The lowest BCUT2D eigenvalue weighted by atomic mass is 10.0. The number of nitrogens with one attached hydrogen (secondary N) is 1. The number of anilines is 1. The average molecular weight is 218 g/mol. The molecule has 0 saturated carbocycles. The lowest BCUT2D eigenvalue weighted by Crippen LogP contribution is -2.38. The van der Waals surface area contributed by atoms with E-state index in [-0.39, 0.29) is 0 Å². The van der Waals surface area contributed by atoms with Gasteiger partial charge in [-0.1, -0.05) is 24.6 Å². The number of likely N-dealkylation sites (N-methyl/N-ethyl adjacent to an activating group) is 1. The Labute approximate surface area is 98.7 Å². The van der Waals surface area contributed by atoms with Gasteiger partial charge in [0.15, 0.2) is 0 Å². The highest BCUT2D eigenvalue weighted by atomic mass is 15.1. The Morgan fingerprint density at radius 2 is 2.00 bits per heavy atom. The zero-order chi connectivity index (χ0) is 11.5. The Morgan fingerprint density at radius 3 is 2.56 bits per heavy atom. The number of hydrogen-bond donors (Lipinski definition) is 1. The quantitative estimate of drug-likeness (QED) is 0.838. The number of nitrogens with zero attached hydrogens (tertiary/aromatic N) is 1. The summed E-state index contributed by atoms with van der Waals surface area (Å²) in [6, 6.07) is 9.41. The van der Waals surface area contributed by atoms with Crippen LogP contribution in [0.4, 0.5) is 5.69 Å². The number of rotatable bonds is 3. The normalized spacial score (nSPS) is 24.7. The maximum atomic E-state index is 3.58. The fraction of sp³-hybridized carbons (Fsp3) is 0.571. The van der Waals surface area contributed by atoms with Crippen LogP contribution in [0.1, 0.15) is 18.9 Å². The smallest absolute Gasteiger partial charge is 0.0364 e. The van der Waals surface area contributed by atoms with Gasteiger partial charge in [-0.3, -0.25) is 0 Å². The Morgan fingerprint density at radius 1 is 1.31 bits per heavy atom. The molecule has 2 heteroatoms. The van der Waals surface area contributed by atoms with Gasteiger partial charge in [0.2, 0.25) is 0 Å². The van der Waals surface area contributed by atoms with Crippen LogP contribution in [0.3, 0.4) is 0 Å². The Bertz CT molecular complexity index is 331. The molecule has 1 fully saturated rings. The van der Waals surface area contributed by atoms with E-state index in [1.165, 1.54) is 24.2 Å². The van der Waals surface area contributed by atoms with Crippen molar-refractivity contribution < 1.29 is 0 Å². The van der Waals surface area contributed by atoms with E-state index in [4.69, 9.17) is 0 Å². The second kappa shape index (κ2) is 4.88. The van der Waals surface area contributed by atoms with E-state index in [2.05, 4.69) is 55.4 Å². The third-order valence-corrected chi connectivity index (χ3v) is 3.64. The summed E-state index contributed by atoms with van der Waals surface area (Å²) in [5.74, 6) is 0.799. The minimum Gasteiger partial charge on any atom is -0.373 e. The molecular formula is C14H22N2. The van der Waals surface area contributed by atoms with Gasteiger partial charge >= 0.3 is 0 Å². The standard InChI is InChI=1S/C14H22N2/c1-11-4-6-13(7-5-11)16(3)10-14-12(2)8-9-15-14/h4-7,12,14-15H,8-10H2,1-3H3. The SMILES string of the molecule is Cc1ccc(N(C)CC2NCCC2C)cc1. The van der Waals surface area contributed by atoms with E-state index in [1.54, 1.807) is 0 Å². The van der Waals surface area contributed by atoms with Crippen LogP contribution >= 0.6 is 0 Å². The molecule has 0 amide bonds. The van der Waals surface area contributed by atoms with Gasteiger partial charge in [0.05, 0.1) is 0 Å². The van der Waals surface area contributed by atoms with Gasteiger partial charge in [-0.15, -0.1) is 0 Å². The largest absolute Gasteiger partial charge is 0.373 e. The molecule has 2 nitrogen and oxygen atoms in total. The molecule has 1 aliphatic heterocycles. The highest BCUT2D eigenvalue weighted by Gasteiger charge is 2.23. The van der Waals surface area contributed by atoms with Crippen LogP contribution in [0.5, 0.6) is 0 Å². The van der Waals surface area contributed by atoms with Crippen LogP contribution in [0.2, 0.25) is 0 Å². The summed E-state index contributed by atoms with van der Waals surface area (Å²) in [5, 5.41) is 3.58. The van der Waals surface area contributed by atoms with Crippen molar-refractivity contribution >= 4 is 5.69 Å². The van der Waals surface area contributed by atoms with Gasteiger partial charge in [0.1, 0.15) is 0 Å². The first-order chi connectivity index (χ1) is 7.66. The summed E-state index contributed by atoms with van der Waals surface area (Å²) >= 11 is 0. The van der Waals surface area contributed by atoms with E-state index in [1.807, 2.05) is 0 Å². The van der Waals surface area contributed by atoms with Crippen molar-refractivity contribution in [3.05, 3.63) is 29.8 Å². The second-order valence-electron chi connectivity index (χ2n) is 5.04. The number of hydrogen-bond acceptors (Lipinski definition) is 2. The summed E-state index contributed by atoms with van der Waals surface area (Å²) in [6.07, 6.45) is 1.31. The van der Waals surface area contributed by atoms with E-state index in [9.17, 15) is 0 Å². The average Bonchev–Trinajstić information content (AvgIpc) is 2.65. The van der Waals surface area contributed by atoms with Gasteiger partial charge in [-0.25, -0.2) is 0 Å². The van der Waals surface area contributed by atoms with Gasteiger partial charge in [0, 0.05) is 25.3 Å². The topological polar surface area (TPSA) is 15.3 Å². The molecule has 16 heavy (non-hydrogen) atoms. The fourth-order valence-corrected chi connectivity index (χ4v) is 2.34. The first-order valence-electron chi connectivity index (χ1n) is 6.18. The first-order valence-corrected chi connectivity index (χ1v) is 6.18. The third kappa shape index (κ3) is 2.56. The number of benzene rings is 1. The molecule has 1 aromatic carbocycles. The predicted molar refractivity (Wildman–Crippen MR) is 70.0 cm³/mol. The molecule has 1 N–H and O–H groups in total. The summed E-state index contributed by atoms with van der Waals surface area (Å²) in [4.78, 5) is 2.35. The third-order valence-electron chi connectivity index (χ3n) is 3.64. The van der Waals surface area contributed by atoms with E-state index >= 15 is 0 Å². The van der Waals surface area contributed by atoms with Crippen molar-refractivity contribution in [2.24, 2.45) is 5.92 Å². The molecular weight excluding hydrogens is 196 g/mol. The van der Waals surface area contributed by atoms with Crippen molar-refractivity contribution in [2.75, 3.05) is 25.0 Å². The molecule has 88 valence electrons. The monoisotopic (exact) mass is 218 g/mol. The minimum atomic E-state index is 0.645. The summed E-state index contributed by atoms with van der Waals surface area (Å²) in [7, 11) is 2.18. The van der Waals surface area contributed by atoms with Crippen LogP contribution in [0, 0.1) is 12.8 Å². The second-order valence-corrected chi connectivity index (χ2v) is 5.04. The molecule has 0 aliphatic carbocycles. The van der Waals surface area contributed by atoms with Gasteiger partial charge in [-0.2, -0.15) is 0 Å². The lowest BCUT2D eigenvalue weighted by molar-refractivity contribution is 0.483. The molecule has 2 atom stereocenters. The summed E-state index contributed by atoms with van der Waals surface area (Å²) in [6.45, 7) is 6.75. The summed E-state index contributed by atoms with van der Waals surface area (Å²) < 4.78 is 0. The molecule has 2 rings (SSSR count). The van der Waals surface area contributed by atoms with Gasteiger partial charge in [-0.05, 0) is 37.9 Å². The maximum absolute atomic E-state index is 3.58. The van der Waals surface area contributed by atoms with Crippen LogP contribution in [-0.4, -0.2) is 26.2 Å². The van der Waals surface area contributed by atoms with Crippen molar-refractivity contribution in [1.29, 1.82) is 0 Å². The minimum absolute atomic E-state index is 0.645. The van der Waals surface area contributed by atoms with E-state index in [0.717, 1.165) is 12.5 Å². The van der Waals surface area contributed by atoms with Crippen LogP contribution in [0.25, 0.3) is 0 Å². The van der Waals surface area contributed by atoms with Crippen LogP contribution < -0.4 is 10.2 Å². The van der Waals surface area contributed by atoms with Crippen LogP contribution in [-0.2, 0) is 0 Å². The van der Waals surface area contributed by atoms with E-state index < -0.39 is 0 Å². The molecule has 1 heterocycles. The molecule has 0 spiro atoms. The van der Waals surface area contributed by atoms with Crippen molar-refractivity contribution in [3.8, 4) is 0 Å².